The number of anilines is 2. The number of carbonyl (C=O) groups is 2. The highest BCUT2D eigenvalue weighted by molar-refractivity contribution is 8.00. The summed E-state index contributed by atoms with van der Waals surface area (Å²) in [6, 6.07) is 11.3. The molecule has 130 valence electrons. The number of para-hydroxylation sites is 2. The molecule has 0 aromatic heterocycles. The smallest absolute Gasteiger partial charge is 0.237 e. The number of nitrogens with one attached hydrogen (secondary N) is 1. The minimum absolute atomic E-state index is 0.0285. The molecule has 3 rings (SSSR count). The van der Waals surface area contributed by atoms with E-state index in [0.717, 1.165) is 0 Å². The van der Waals surface area contributed by atoms with Crippen LogP contribution in [0.4, 0.5) is 15.8 Å². The summed E-state index contributed by atoms with van der Waals surface area (Å²) in [5.74, 6) is -0.568. The number of hydrogen-bond donors (Lipinski definition) is 1. The van der Waals surface area contributed by atoms with E-state index < -0.39 is 5.82 Å². The minimum Gasteiger partial charge on any atom is -0.324 e. The van der Waals surface area contributed by atoms with Gasteiger partial charge in [0.15, 0.2) is 0 Å². The second-order valence-corrected chi connectivity index (χ2v) is 7.20. The summed E-state index contributed by atoms with van der Waals surface area (Å²) in [7, 11) is 0. The van der Waals surface area contributed by atoms with Gasteiger partial charge in [-0.3, -0.25) is 9.59 Å². The molecule has 1 heterocycles. The molecule has 4 nitrogen and oxygen atoms in total. The van der Waals surface area contributed by atoms with Gasteiger partial charge in [0.25, 0.3) is 0 Å². The molecule has 1 N–H and O–H groups in total. The third-order valence-electron chi connectivity index (χ3n) is 3.88. The van der Waals surface area contributed by atoms with E-state index >= 15 is 0 Å². The predicted octanol–water partition coefficient (Wildman–Crippen LogP) is 4.34. The molecular formula is C18H16ClFN2O2S. The van der Waals surface area contributed by atoms with Gasteiger partial charge in [0, 0.05) is 17.4 Å². The highest BCUT2D eigenvalue weighted by atomic mass is 35.5. The Morgan fingerprint density at radius 3 is 2.88 bits per heavy atom. The Balaban J connectivity index is 1.80. The van der Waals surface area contributed by atoms with Crippen molar-refractivity contribution >= 4 is 46.6 Å². The van der Waals surface area contributed by atoms with Gasteiger partial charge in [0.2, 0.25) is 11.8 Å². The van der Waals surface area contributed by atoms with Crippen molar-refractivity contribution in [2.75, 3.05) is 16.0 Å². The van der Waals surface area contributed by atoms with E-state index in [2.05, 4.69) is 5.32 Å². The SMILES string of the molecule is C[C@H]1CC(=O)Nc2ccccc2N1C(=O)CSc1ccc(F)c(Cl)c1. The summed E-state index contributed by atoms with van der Waals surface area (Å²) in [5, 5.41) is 2.85. The molecule has 2 amide bonds. The number of hydrogen-bond acceptors (Lipinski definition) is 3. The molecule has 25 heavy (non-hydrogen) atoms. The van der Waals surface area contributed by atoms with Crippen LogP contribution < -0.4 is 10.2 Å². The molecule has 2 aromatic rings. The van der Waals surface area contributed by atoms with Crippen LogP contribution in [-0.4, -0.2) is 23.6 Å². The molecule has 0 saturated heterocycles. The summed E-state index contributed by atoms with van der Waals surface area (Å²) in [6.45, 7) is 1.85. The van der Waals surface area contributed by atoms with Crippen LogP contribution in [0.15, 0.2) is 47.4 Å². The molecule has 0 bridgehead atoms. The van der Waals surface area contributed by atoms with Crippen molar-refractivity contribution in [3.63, 3.8) is 0 Å². The maximum atomic E-state index is 13.2. The van der Waals surface area contributed by atoms with Gasteiger partial charge in [-0.05, 0) is 37.3 Å². The van der Waals surface area contributed by atoms with E-state index in [1.807, 2.05) is 25.1 Å². The number of benzene rings is 2. The quantitative estimate of drug-likeness (QED) is 0.808. The van der Waals surface area contributed by atoms with Gasteiger partial charge in [-0.15, -0.1) is 11.8 Å². The van der Waals surface area contributed by atoms with E-state index in [9.17, 15) is 14.0 Å². The van der Waals surface area contributed by atoms with Gasteiger partial charge in [-0.1, -0.05) is 23.7 Å². The number of amides is 2. The van der Waals surface area contributed by atoms with Gasteiger partial charge < -0.3 is 10.2 Å². The molecular weight excluding hydrogens is 363 g/mol. The lowest BCUT2D eigenvalue weighted by Crippen LogP contribution is -2.40. The number of thioether (sulfide) groups is 1. The van der Waals surface area contributed by atoms with Crippen molar-refractivity contribution in [3.8, 4) is 0 Å². The molecule has 7 heteroatoms. The maximum absolute atomic E-state index is 13.2. The fourth-order valence-electron chi connectivity index (χ4n) is 2.75. The van der Waals surface area contributed by atoms with Crippen LogP contribution in [0.25, 0.3) is 0 Å². The summed E-state index contributed by atoms with van der Waals surface area (Å²) in [6.07, 6.45) is 0.230. The number of halogens is 2. The first-order valence-corrected chi connectivity index (χ1v) is 9.11. The van der Waals surface area contributed by atoms with Gasteiger partial charge in [0.1, 0.15) is 5.82 Å². The van der Waals surface area contributed by atoms with Crippen LogP contribution in [0, 0.1) is 5.82 Å². The first-order chi connectivity index (χ1) is 12.0. The number of nitrogens with zero attached hydrogens (tertiary/aromatic N) is 1. The highest BCUT2D eigenvalue weighted by Gasteiger charge is 2.29. The number of fused-ring (bicyclic) bond motifs is 1. The van der Waals surface area contributed by atoms with Crippen molar-refractivity contribution in [1.82, 2.24) is 0 Å². The minimum atomic E-state index is -0.489. The van der Waals surface area contributed by atoms with Crippen LogP contribution in [0.1, 0.15) is 13.3 Å². The third kappa shape index (κ3) is 3.96. The largest absolute Gasteiger partial charge is 0.324 e. The zero-order valence-corrected chi connectivity index (χ0v) is 15.0. The second-order valence-electron chi connectivity index (χ2n) is 5.75. The summed E-state index contributed by atoms with van der Waals surface area (Å²) >= 11 is 7.06. The van der Waals surface area contributed by atoms with Crippen molar-refractivity contribution in [3.05, 3.63) is 53.3 Å². The van der Waals surface area contributed by atoms with Crippen molar-refractivity contribution in [2.45, 2.75) is 24.3 Å². The Kier molecular flexibility index (Phi) is 5.30. The van der Waals surface area contributed by atoms with Crippen molar-refractivity contribution in [2.24, 2.45) is 0 Å². The molecule has 1 aliphatic heterocycles. The number of carbonyl (C=O) groups excluding carboxylic acids is 2. The molecule has 1 atom stereocenters. The standard InChI is InChI=1S/C18H16ClFN2O2S/c1-11-8-17(23)21-15-4-2-3-5-16(15)22(11)18(24)10-25-12-6-7-14(20)13(19)9-12/h2-7,9,11H,8,10H2,1H3,(H,21,23)/t11-/m0/s1. The Morgan fingerprint density at radius 2 is 2.12 bits per heavy atom. The monoisotopic (exact) mass is 378 g/mol. The molecule has 1 aliphatic rings. The molecule has 2 aromatic carbocycles. The fourth-order valence-corrected chi connectivity index (χ4v) is 3.79. The van der Waals surface area contributed by atoms with Gasteiger partial charge >= 0.3 is 0 Å². The first kappa shape index (κ1) is 17.8. The molecule has 0 unspecified atom stereocenters. The topological polar surface area (TPSA) is 49.4 Å². The van der Waals surface area contributed by atoms with Crippen LogP contribution in [-0.2, 0) is 9.59 Å². The van der Waals surface area contributed by atoms with Crippen LogP contribution in [0.2, 0.25) is 5.02 Å². The number of rotatable bonds is 3. The summed E-state index contributed by atoms with van der Waals surface area (Å²) in [5.41, 5.74) is 1.31. The normalized spacial score (nSPS) is 16.8. The molecule has 0 radical (unpaired) electrons. The summed E-state index contributed by atoms with van der Waals surface area (Å²) < 4.78 is 13.2. The predicted molar refractivity (Wildman–Crippen MR) is 98.8 cm³/mol. The Morgan fingerprint density at radius 1 is 1.36 bits per heavy atom. The lowest BCUT2D eigenvalue weighted by atomic mass is 10.2. The van der Waals surface area contributed by atoms with Crippen molar-refractivity contribution < 1.29 is 14.0 Å². The van der Waals surface area contributed by atoms with Gasteiger partial charge in [-0.25, -0.2) is 4.39 Å². The van der Waals surface area contributed by atoms with Gasteiger partial charge in [0.05, 0.1) is 22.2 Å². The Hall–Kier alpha value is -2.05. The zero-order chi connectivity index (χ0) is 18.0. The average molecular weight is 379 g/mol. The van der Waals surface area contributed by atoms with E-state index in [1.165, 1.54) is 23.9 Å². The van der Waals surface area contributed by atoms with E-state index in [0.29, 0.717) is 16.3 Å². The van der Waals surface area contributed by atoms with Crippen LogP contribution >= 0.6 is 23.4 Å². The van der Waals surface area contributed by atoms with Crippen LogP contribution in [0.5, 0.6) is 0 Å². The molecule has 0 fully saturated rings. The van der Waals surface area contributed by atoms with Crippen LogP contribution in [0.3, 0.4) is 0 Å². The molecule has 0 aliphatic carbocycles. The Labute approximate surface area is 154 Å². The Bertz CT molecular complexity index is 830. The maximum Gasteiger partial charge on any atom is 0.237 e. The highest BCUT2D eigenvalue weighted by Crippen LogP contribution is 2.32. The zero-order valence-electron chi connectivity index (χ0n) is 13.5. The van der Waals surface area contributed by atoms with E-state index in [4.69, 9.17) is 11.6 Å². The van der Waals surface area contributed by atoms with Crippen molar-refractivity contribution in [1.29, 1.82) is 0 Å². The first-order valence-electron chi connectivity index (χ1n) is 7.74. The fraction of sp³-hybridized carbons (Fsp3) is 0.222. The lowest BCUT2D eigenvalue weighted by Gasteiger charge is -2.27. The third-order valence-corrected chi connectivity index (χ3v) is 5.15. The average Bonchev–Trinajstić information content (AvgIpc) is 2.70. The van der Waals surface area contributed by atoms with E-state index in [-0.39, 0.29) is 35.1 Å². The van der Waals surface area contributed by atoms with Gasteiger partial charge in [-0.2, -0.15) is 0 Å². The molecule has 0 saturated carbocycles. The molecule has 0 spiro atoms. The lowest BCUT2D eigenvalue weighted by molar-refractivity contribution is -0.117. The van der Waals surface area contributed by atoms with E-state index in [1.54, 1.807) is 17.0 Å². The summed E-state index contributed by atoms with van der Waals surface area (Å²) in [4.78, 5) is 27.1. The second kappa shape index (κ2) is 7.45.